The number of methoxy groups -OCH3 is 1. The predicted molar refractivity (Wildman–Crippen MR) is 69.0 cm³/mol. The first-order valence-corrected chi connectivity index (χ1v) is 6.32. The molecule has 0 amide bonds. The van der Waals surface area contributed by atoms with Gasteiger partial charge in [-0.1, -0.05) is 6.92 Å². The monoisotopic (exact) mass is 255 g/mol. The molecule has 2 rings (SSSR count). The quantitative estimate of drug-likeness (QED) is 0.760. The topological polar surface area (TPSA) is 38.2 Å². The molecule has 2 heterocycles. The molecule has 2 atom stereocenters. The van der Waals surface area contributed by atoms with Crippen LogP contribution in [-0.2, 0) is 0 Å². The molecule has 2 unspecified atom stereocenters. The Kier molecular flexibility index (Phi) is 3.72. The Bertz CT molecular complexity index is 399. The van der Waals surface area contributed by atoms with Crippen molar-refractivity contribution in [3.8, 4) is 5.88 Å². The molecule has 1 fully saturated rings. The number of rotatable bonds is 2. The van der Waals surface area contributed by atoms with E-state index >= 15 is 0 Å². The maximum atomic E-state index is 6.30. The molecule has 94 valence electrons. The zero-order valence-corrected chi connectivity index (χ0v) is 11.2. The number of aromatic nitrogens is 2. The summed E-state index contributed by atoms with van der Waals surface area (Å²) in [6, 6.07) is 1.83. The minimum Gasteiger partial charge on any atom is -0.481 e. The number of ether oxygens (including phenoxy) is 1. The Morgan fingerprint density at radius 3 is 2.88 bits per heavy atom. The minimum absolute atomic E-state index is 0.166. The highest BCUT2D eigenvalue weighted by Crippen LogP contribution is 2.25. The van der Waals surface area contributed by atoms with Crippen molar-refractivity contribution >= 4 is 17.5 Å². The van der Waals surface area contributed by atoms with Crippen molar-refractivity contribution in [3.05, 3.63) is 11.8 Å². The molecule has 0 spiro atoms. The third-order valence-electron chi connectivity index (χ3n) is 3.18. The average molecular weight is 256 g/mol. The van der Waals surface area contributed by atoms with Gasteiger partial charge < -0.3 is 9.64 Å². The SMILES string of the molecule is COc1cc(C)nc(N2CCC(C)C(Cl)C2)n1. The summed E-state index contributed by atoms with van der Waals surface area (Å²) in [5.41, 5.74) is 0.914. The first kappa shape index (κ1) is 12.4. The first-order chi connectivity index (χ1) is 8.10. The molecular formula is C12H18ClN3O. The van der Waals surface area contributed by atoms with Gasteiger partial charge in [-0.15, -0.1) is 11.6 Å². The lowest BCUT2D eigenvalue weighted by Gasteiger charge is -2.34. The molecule has 0 aliphatic carbocycles. The van der Waals surface area contributed by atoms with Crippen LogP contribution < -0.4 is 9.64 Å². The van der Waals surface area contributed by atoms with E-state index in [0.717, 1.165) is 31.2 Å². The molecule has 0 saturated carbocycles. The fourth-order valence-electron chi connectivity index (χ4n) is 1.97. The lowest BCUT2D eigenvalue weighted by Crippen LogP contribution is -2.41. The number of hydrogen-bond donors (Lipinski definition) is 0. The Balaban J connectivity index is 2.19. The summed E-state index contributed by atoms with van der Waals surface area (Å²) in [5.74, 6) is 1.89. The van der Waals surface area contributed by atoms with E-state index in [1.807, 2.05) is 13.0 Å². The van der Waals surface area contributed by atoms with E-state index in [1.54, 1.807) is 7.11 Å². The van der Waals surface area contributed by atoms with Gasteiger partial charge in [0.05, 0.1) is 12.5 Å². The number of aryl methyl sites for hydroxylation is 1. The van der Waals surface area contributed by atoms with Gasteiger partial charge in [-0.05, 0) is 19.3 Å². The summed E-state index contributed by atoms with van der Waals surface area (Å²) in [5, 5.41) is 0.166. The molecule has 0 N–H and O–H groups in total. The normalized spacial score (nSPS) is 24.8. The third kappa shape index (κ3) is 2.80. The van der Waals surface area contributed by atoms with Crippen LogP contribution in [0.4, 0.5) is 5.95 Å². The fraction of sp³-hybridized carbons (Fsp3) is 0.667. The van der Waals surface area contributed by atoms with Gasteiger partial charge in [0.2, 0.25) is 11.8 Å². The highest BCUT2D eigenvalue weighted by Gasteiger charge is 2.26. The second-order valence-corrected chi connectivity index (χ2v) is 5.14. The second-order valence-electron chi connectivity index (χ2n) is 4.58. The molecule has 0 bridgehead atoms. The number of halogens is 1. The van der Waals surface area contributed by atoms with Crippen LogP contribution in [0.1, 0.15) is 19.0 Å². The van der Waals surface area contributed by atoms with Gasteiger partial charge in [-0.3, -0.25) is 0 Å². The van der Waals surface area contributed by atoms with E-state index in [2.05, 4.69) is 21.8 Å². The fourth-order valence-corrected chi connectivity index (χ4v) is 2.27. The molecule has 5 heteroatoms. The van der Waals surface area contributed by atoms with E-state index < -0.39 is 0 Å². The summed E-state index contributed by atoms with van der Waals surface area (Å²) in [6.45, 7) is 5.89. The number of nitrogens with zero attached hydrogens (tertiary/aromatic N) is 3. The van der Waals surface area contributed by atoms with Gasteiger partial charge in [0.15, 0.2) is 0 Å². The highest BCUT2D eigenvalue weighted by atomic mass is 35.5. The van der Waals surface area contributed by atoms with Crippen LogP contribution in [0.5, 0.6) is 5.88 Å². The number of anilines is 1. The molecular weight excluding hydrogens is 238 g/mol. The molecule has 0 aromatic carbocycles. The zero-order valence-electron chi connectivity index (χ0n) is 10.5. The maximum Gasteiger partial charge on any atom is 0.228 e. The van der Waals surface area contributed by atoms with Crippen LogP contribution in [0.25, 0.3) is 0 Å². The van der Waals surface area contributed by atoms with E-state index in [9.17, 15) is 0 Å². The Hall–Kier alpha value is -1.03. The van der Waals surface area contributed by atoms with Gasteiger partial charge >= 0.3 is 0 Å². The first-order valence-electron chi connectivity index (χ1n) is 5.89. The van der Waals surface area contributed by atoms with E-state index in [-0.39, 0.29) is 5.38 Å². The Morgan fingerprint density at radius 2 is 2.24 bits per heavy atom. The number of piperidine rings is 1. The van der Waals surface area contributed by atoms with Crippen molar-refractivity contribution in [2.45, 2.75) is 25.6 Å². The van der Waals surface area contributed by atoms with Gasteiger partial charge in [0.25, 0.3) is 0 Å². The van der Waals surface area contributed by atoms with Crippen LogP contribution >= 0.6 is 11.6 Å². The molecule has 1 aliphatic rings. The van der Waals surface area contributed by atoms with Gasteiger partial charge in [-0.25, -0.2) is 4.98 Å². The summed E-state index contributed by atoms with van der Waals surface area (Å²) in [7, 11) is 1.62. The largest absolute Gasteiger partial charge is 0.481 e. The lowest BCUT2D eigenvalue weighted by atomic mass is 9.99. The van der Waals surface area contributed by atoms with Crippen molar-refractivity contribution < 1.29 is 4.74 Å². The van der Waals surface area contributed by atoms with Crippen molar-refractivity contribution in [2.24, 2.45) is 5.92 Å². The Morgan fingerprint density at radius 1 is 1.47 bits per heavy atom. The van der Waals surface area contributed by atoms with Gasteiger partial charge in [-0.2, -0.15) is 4.98 Å². The maximum absolute atomic E-state index is 6.30. The average Bonchev–Trinajstić information content (AvgIpc) is 2.32. The summed E-state index contributed by atoms with van der Waals surface area (Å²) in [4.78, 5) is 10.9. The van der Waals surface area contributed by atoms with Crippen LogP contribution in [0.2, 0.25) is 0 Å². The molecule has 17 heavy (non-hydrogen) atoms. The Labute approximate surface area is 107 Å². The molecule has 1 aliphatic heterocycles. The smallest absolute Gasteiger partial charge is 0.228 e. The van der Waals surface area contributed by atoms with E-state index in [1.165, 1.54) is 0 Å². The van der Waals surface area contributed by atoms with Gasteiger partial charge in [0, 0.05) is 24.8 Å². The molecule has 0 radical (unpaired) electrons. The number of alkyl halides is 1. The second kappa shape index (κ2) is 5.08. The van der Waals surface area contributed by atoms with Crippen molar-refractivity contribution in [3.63, 3.8) is 0 Å². The lowest BCUT2D eigenvalue weighted by molar-refractivity contribution is 0.393. The number of hydrogen-bond acceptors (Lipinski definition) is 4. The van der Waals surface area contributed by atoms with Crippen LogP contribution in [0.3, 0.4) is 0 Å². The van der Waals surface area contributed by atoms with Crippen molar-refractivity contribution in [2.75, 3.05) is 25.1 Å². The van der Waals surface area contributed by atoms with Crippen LogP contribution in [0, 0.1) is 12.8 Å². The minimum atomic E-state index is 0.166. The van der Waals surface area contributed by atoms with E-state index in [0.29, 0.717) is 11.8 Å². The molecule has 1 aromatic rings. The summed E-state index contributed by atoms with van der Waals surface area (Å²) >= 11 is 6.30. The summed E-state index contributed by atoms with van der Waals surface area (Å²) in [6.07, 6.45) is 1.08. The van der Waals surface area contributed by atoms with Gasteiger partial charge in [0.1, 0.15) is 0 Å². The highest BCUT2D eigenvalue weighted by molar-refractivity contribution is 6.21. The third-order valence-corrected chi connectivity index (χ3v) is 3.75. The molecule has 1 aromatic heterocycles. The standard InChI is InChI=1S/C12H18ClN3O/c1-8-4-5-16(7-10(8)13)12-14-9(2)6-11(15-12)17-3/h6,8,10H,4-5,7H2,1-3H3. The van der Waals surface area contributed by atoms with E-state index in [4.69, 9.17) is 16.3 Å². The van der Waals surface area contributed by atoms with Crippen molar-refractivity contribution in [1.82, 2.24) is 9.97 Å². The van der Waals surface area contributed by atoms with Crippen molar-refractivity contribution in [1.29, 1.82) is 0 Å². The summed E-state index contributed by atoms with van der Waals surface area (Å²) < 4.78 is 5.16. The molecule has 4 nitrogen and oxygen atoms in total. The zero-order chi connectivity index (χ0) is 12.4. The van der Waals surface area contributed by atoms with Crippen LogP contribution in [0.15, 0.2) is 6.07 Å². The van der Waals surface area contributed by atoms with Crippen LogP contribution in [-0.4, -0.2) is 35.5 Å². The molecule has 1 saturated heterocycles. The predicted octanol–water partition coefficient (Wildman–Crippen LogP) is 2.25.